The van der Waals surface area contributed by atoms with Crippen LogP contribution in [-0.2, 0) is 4.74 Å². The summed E-state index contributed by atoms with van der Waals surface area (Å²) in [6.45, 7) is -0.662. The van der Waals surface area contributed by atoms with Crippen LogP contribution in [0.25, 0.3) is 0 Å². The van der Waals surface area contributed by atoms with Crippen molar-refractivity contribution < 1.29 is 29.6 Å². The van der Waals surface area contributed by atoms with Gasteiger partial charge >= 0.3 is 6.04 Å². The standard InChI is InChI=1S/C5H9FO5/c6-5(10)4(9)3(8)2(1-7)11-5/h2-4,7-10H,1H2/t2-,3-,4+,5+/m1/s1. The minimum Gasteiger partial charge on any atom is -0.394 e. The SMILES string of the molecule is OC[C@H]1O[C@](O)(F)[C@@H](O)[C@@H]1O. The van der Waals surface area contributed by atoms with Gasteiger partial charge in [-0.25, -0.2) is 0 Å². The molecular formula is C5H9FO5. The summed E-state index contributed by atoms with van der Waals surface area (Å²) in [4.78, 5) is 0. The van der Waals surface area contributed by atoms with Crippen LogP contribution in [0, 0.1) is 0 Å². The maximum Gasteiger partial charge on any atom is 0.347 e. The molecule has 4 N–H and O–H groups in total. The van der Waals surface area contributed by atoms with E-state index in [-0.39, 0.29) is 0 Å². The fourth-order valence-corrected chi connectivity index (χ4v) is 0.911. The number of aliphatic hydroxyl groups is 4. The molecule has 1 rings (SSSR count). The Labute approximate surface area is 61.6 Å². The lowest BCUT2D eigenvalue weighted by atomic mass is 10.1. The van der Waals surface area contributed by atoms with Gasteiger partial charge in [-0.15, -0.1) is 0 Å². The molecule has 1 aliphatic rings. The lowest BCUT2D eigenvalue weighted by Crippen LogP contribution is -2.39. The second kappa shape index (κ2) is 2.65. The maximum absolute atomic E-state index is 12.5. The van der Waals surface area contributed by atoms with E-state index in [1.165, 1.54) is 0 Å². The molecule has 6 heteroatoms. The van der Waals surface area contributed by atoms with Crippen molar-refractivity contribution >= 4 is 0 Å². The van der Waals surface area contributed by atoms with Crippen molar-refractivity contribution in [3.8, 4) is 0 Å². The Hall–Kier alpha value is -0.270. The monoisotopic (exact) mass is 168 g/mol. The summed E-state index contributed by atoms with van der Waals surface area (Å²) in [5.41, 5.74) is 0. The first kappa shape index (κ1) is 8.82. The molecule has 0 amide bonds. The molecule has 0 bridgehead atoms. The van der Waals surface area contributed by atoms with E-state index in [0.29, 0.717) is 0 Å². The lowest BCUT2D eigenvalue weighted by Gasteiger charge is -2.14. The number of ether oxygens (including phenoxy) is 1. The van der Waals surface area contributed by atoms with Gasteiger partial charge < -0.3 is 25.2 Å². The average molecular weight is 168 g/mol. The van der Waals surface area contributed by atoms with Crippen molar-refractivity contribution in [2.75, 3.05) is 6.61 Å². The first-order valence-electron chi connectivity index (χ1n) is 3.05. The fraction of sp³-hybridized carbons (Fsp3) is 1.00. The lowest BCUT2D eigenvalue weighted by molar-refractivity contribution is -0.310. The summed E-state index contributed by atoms with van der Waals surface area (Å²) in [6.07, 6.45) is -4.91. The number of alkyl halides is 1. The van der Waals surface area contributed by atoms with Crippen LogP contribution >= 0.6 is 0 Å². The van der Waals surface area contributed by atoms with Crippen LogP contribution in [-0.4, -0.2) is 51.4 Å². The molecule has 0 aromatic rings. The van der Waals surface area contributed by atoms with Crippen molar-refractivity contribution in [2.45, 2.75) is 24.4 Å². The average Bonchev–Trinajstić information content (AvgIpc) is 2.13. The van der Waals surface area contributed by atoms with Gasteiger partial charge in [0.05, 0.1) is 6.61 Å². The molecule has 1 saturated heterocycles. The van der Waals surface area contributed by atoms with Crippen molar-refractivity contribution in [3.05, 3.63) is 0 Å². The highest BCUT2D eigenvalue weighted by molar-refractivity contribution is 4.89. The molecular weight excluding hydrogens is 159 g/mol. The summed E-state index contributed by atoms with van der Waals surface area (Å²) >= 11 is 0. The van der Waals surface area contributed by atoms with Crippen LogP contribution in [0.5, 0.6) is 0 Å². The highest BCUT2D eigenvalue weighted by atomic mass is 19.2. The first-order valence-corrected chi connectivity index (χ1v) is 3.05. The molecule has 1 heterocycles. The minimum absolute atomic E-state index is 0.662. The van der Waals surface area contributed by atoms with E-state index in [9.17, 15) is 4.39 Å². The summed E-state index contributed by atoms with van der Waals surface area (Å²) in [5.74, 6) is 0. The van der Waals surface area contributed by atoms with Gasteiger partial charge in [-0.05, 0) is 0 Å². The van der Waals surface area contributed by atoms with Crippen LogP contribution in [0.4, 0.5) is 4.39 Å². The Balaban J connectivity index is 2.69. The number of hydrogen-bond donors (Lipinski definition) is 4. The van der Waals surface area contributed by atoms with E-state index in [0.717, 1.165) is 0 Å². The molecule has 0 aromatic heterocycles. The van der Waals surface area contributed by atoms with E-state index in [4.69, 9.17) is 20.4 Å². The van der Waals surface area contributed by atoms with Gasteiger partial charge in [-0.2, -0.15) is 4.39 Å². The predicted molar refractivity (Wildman–Crippen MR) is 30.0 cm³/mol. The second-order valence-corrected chi connectivity index (χ2v) is 2.38. The quantitative estimate of drug-likeness (QED) is 0.354. The number of hydrogen-bond acceptors (Lipinski definition) is 5. The van der Waals surface area contributed by atoms with E-state index in [2.05, 4.69) is 4.74 Å². The molecule has 5 nitrogen and oxygen atoms in total. The van der Waals surface area contributed by atoms with Crippen LogP contribution in [0.2, 0.25) is 0 Å². The van der Waals surface area contributed by atoms with Crippen molar-refractivity contribution in [1.82, 2.24) is 0 Å². The summed E-state index contributed by atoms with van der Waals surface area (Å²) in [7, 11) is 0. The first-order chi connectivity index (χ1) is 4.99. The Kier molecular flexibility index (Phi) is 2.13. The van der Waals surface area contributed by atoms with Crippen LogP contribution in [0.15, 0.2) is 0 Å². The summed E-state index contributed by atoms with van der Waals surface area (Å²) < 4.78 is 16.6. The maximum atomic E-state index is 12.5. The second-order valence-electron chi connectivity index (χ2n) is 2.38. The zero-order valence-electron chi connectivity index (χ0n) is 5.51. The van der Waals surface area contributed by atoms with Gasteiger partial charge in [0.15, 0.2) is 6.10 Å². The van der Waals surface area contributed by atoms with Gasteiger partial charge in [0.1, 0.15) is 12.2 Å². The van der Waals surface area contributed by atoms with Gasteiger partial charge in [0.25, 0.3) is 0 Å². The molecule has 0 spiro atoms. The third-order valence-corrected chi connectivity index (χ3v) is 1.57. The zero-order chi connectivity index (χ0) is 8.65. The van der Waals surface area contributed by atoms with E-state index >= 15 is 0 Å². The molecule has 0 aliphatic carbocycles. The van der Waals surface area contributed by atoms with E-state index in [1.807, 2.05) is 0 Å². The summed E-state index contributed by atoms with van der Waals surface area (Å²) in [5, 5.41) is 34.5. The van der Waals surface area contributed by atoms with Crippen LogP contribution in [0.1, 0.15) is 0 Å². The smallest absolute Gasteiger partial charge is 0.347 e. The van der Waals surface area contributed by atoms with Crippen LogP contribution < -0.4 is 0 Å². The molecule has 4 atom stereocenters. The number of rotatable bonds is 1. The molecule has 11 heavy (non-hydrogen) atoms. The van der Waals surface area contributed by atoms with Crippen molar-refractivity contribution in [2.24, 2.45) is 0 Å². The molecule has 66 valence electrons. The fourth-order valence-electron chi connectivity index (χ4n) is 0.911. The molecule has 0 aromatic carbocycles. The van der Waals surface area contributed by atoms with Crippen molar-refractivity contribution in [3.63, 3.8) is 0 Å². The van der Waals surface area contributed by atoms with Crippen molar-refractivity contribution in [1.29, 1.82) is 0 Å². The predicted octanol–water partition coefficient (Wildman–Crippen LogP) is -2.29. The molecule has 0 unspecified atom stereocenters. The Morgan fingerprint density at radius 1 is 1.45 bits per heavy atom. The van der Waals surface area contributed by atoms with Crippen LogP contribution in [0.3, 0.4) is 0 Å². The summed E-state index contributed by atoms with van der Waals surface area (Å²) in [6, 6.07) is -3.26. The normalized spacial score (nSPS) is 51.5. The highest BCUT2D eigenvalue weighted by Crippen LogP contribution is 2.29. The molecule has 0 saturated carbocycles. The largest absolute Gasteiger partial charge is 0.394 e. The Bertz CT molecular complexity index is 150. The molecule has 1 fully saturated rings. The molecule has 0 radical (unpaired) electrons. The topological polar surface area (TPSA) is 90.2 Å². The number of halogens is 1. The minimum atomic E-state index is -3.26. The zero-order valence-corrected chi connectivity index (χ0v) is 5.51. The molecule has 1 aliphatic heterocycles. The Morgan fingerprint density at radius 3 is 2.18 bits per heavy atom. The van der Waals surface area contributed by atoms with Gasteiger partial charge in [0, 0.05) is 0 Å². The van der Waals surface area contributed by atoms with Gasteiger partial charge in [-0.1, -0.05) is 0 Å². The van der Waals surface area contributed by atoms with E-state index < -0.39 is 31.0 Å². The van der Waals surface area contributed by atoms with Gasteiger partial charge in [0.2, 0.25) is 0 Å². The van der Waals surface area contributed by atoms with E-state index in [1.54, 1.807) is 0 Å². The Morgan fingerprint density at radius 2 is 2.00 bits per heavy atom. The third-order valence-electron chi connectivity index (χ3n) is 1.57. The third kappa shape index (κ3) is 1.35. The van der Waals surface area contributed by atoms with Gasteiger partial charge in [-0.3, -0.25) is 0 Å². The highest BCUT2D eigenvalue weighted by Gasteiger charge is 2.54. The number of aliphatic hydroxyl groups excluding tert-OH is 3.